The van der Waals surface area contributed by atoms with Crippen molar-refractivity contribution in [2.24, 2.45) is 0 Å². The number of nitrogens with one attached hydrogen (secondary N) is 1. The summed E-state index contributed by atoms with van der Waals surface area (Å²) < 4.78 is 23.4. The first-order valence-corrected chi connectivity index (χ1v) is 20.3. The Morgan fingerprint density at radius 1 is 0.714 bits per heavy atom. The molecule has 0 bridgehead atoms. The first kappa shape index (κ1) is 46.9. The Morgan fingerprint density at radius 3 is 1.71 bits per heavy atom. The smallest absolute Gasteiger partial charge is 0.387 e. The van der Waals surface area contributed by atoms with E-state index in [1.54, 1.807) is 12.2 Å². The van der Waals surface area contributed by atoms with Gasteiger partial charge in [-0.2, -0.15) is 0 Å². The molecule has 8 nitrogen and oxygen atoms in total. The predicted molar refractivity (Wildman–Crippen MR) is 207 cm³/mol. The van der Waals surface area contributed by atoms with E-state index in [1.807, 2.05) is 33.3 Å². The summed E-state index contributed by atoms with van der Waals surface area (Å²) in [5.74, 6) is -0.309. The van der Waals surface area contributed by atoms with E-state index in [-0.39, 0.29) is 25.5 Å². The lowest BCUT2D eigenvalue weighted by atomic mass is 10.1. The van der Waals surface area contributed by atoms with E-state index in [9.17, 15) is 19.4 Å². The molecule has 3 atom stereocenters. The maximum Gasteiger partial charge on any atom is 0.472 e. The van der Waals surface area contributed by atoms with E-state index >= 15 is 0 Å². The van der Waals surface area contributed by atoms with Gasteiger partial charge in [0.2, 0.25) is 5.91 Å². The van der Waals surface area contributed by atoms with E-state index in [4.69, 9.17) is 9.05 Å². The van der Waals surface area contributed by atoms with Crippen LogP contribution in [-0.4, -0.2) is 73.4 Å². The lowest BCUT2D eigenvalue weighted by molar-refractivity contribution is -0.870. The van der Waals surface area contributed by atoms with Crippen LogP contribution in [0, 0.1) is 0 Å². The summed E-state index contributed by atoms with van der Waals surface area (Å²) in [5, 5.41) is 13.6. The summed E-state index contributed by atoms with van der Waals surface area (Å²) in [7, 11) is 1.50. The number of rotatable bonds is 32. The van der Waals surface area contributed by atoms with E-state index in [0.717, 1.165) is 44.9 Å². The topological polar surface area (TPSA) is 105 Å². The molecular weight excluding hydrogens is 635 g/mol. The number of aliphatic hydroxyl groups excluding tert-OH is 1. The SMILES string of the molecule is CC/C=C\C/C=C\C/C=C\C/C=C\C/C=C\CC(=O)NC(COP(=O)(O)OCC[N+](C)(C)C)C(O)/C=C/CCCCCCCCCCCC. The van der Waals surface area contributed by atoms with Gasteiger partial charge in [-0.15, -0.1) is 0 Å². The van der Waals surface area contributed by atoms with Gasteiger partial charge in [-0.1, -0.05) is 145 Å². The van der Waals surface area contributed by atoms with Crippen molar-refractivity contribution in [2.45, 2.75) is 135 Å². The van der Waals surface area contributed by atoms with Crippen molar-refractivity contribution in [1.82, 2.24) is 5.32 Å². The molecule has 1 amide bonds. The van der Waals surface area contributed by atoms with Crippen molar-refractivity contribution in [1.29, 1.82) is 0 Å². The lowest BCUT2D eigenvalue weighted by Crippen LogP contribution is -2.45. The van der Waals surface area contributed by atoms with Crippen LogP contribution in [0.5, 0.6) is 0 Å². The Kier molecular flexibility index (Phi) is 30.5. The fraction of sp³-hybridized carbons (Fsp3) is 0.675. The fourth-order valence-corrected chi connectivity index (χ4v) is 5.43. The summed E-state index contributed by atoms with van der Waals surface area (Å²) in [6.45, 7) is 4.57. The summed E-state index contributed by atoms with van der Waals surface area (Å²) in [4.78, 5) is 22.9. The van der Waals surface area contributed by atoms with Gasteiger partial charge in [-0.05, 0) is 44.9 Å². The number of amides is 1. The third-order valence-corrected chi connectivity index (χ3v) is 8.70. The number of phosphoric acid groups is 1. The molecule has 0 spiro atoms. The highest BCUT2D eigenvalue weighted by molar-refractivity contribution is 7.47. The van der Waals surface area contributed by atoms with Crippen LogP contribution >= 0.6 is 7.82 Å². The molecule has 0 radical (unpaired) electrons. The van der Waals surface area contributed by atoms with Crippen molar-refractivity contribution >= 4 is 13.7 Å². The normalized spacial score (nSPS) is 15.5. The Balaban J connectivity index is 4.73. The maximum atomic E-state index is 12.7. The van der Waals surface area contributed by atoms with Crippen LogP contribution in [0.1, 0.15) is 123 Å². The molecule has 0 aromatic carbocycles. The van der Waals surface area contributed by atoms with Gasteiger partial charge in [-0.3, -0.25) is 13.8 Å². The molecule has 0 saturated carbocycles. The van der Waals surface area contributed by atoms with Crippen LogP contribution in [0.2, 0.25) is 0 Å². The van der Waals surface area contributed by atoms with Crippen LogP contribution < -0.4 is 5.32 Å². The van der Waals surface area contributed by atoms with E-state index < -0.39 is 20.0 Å². The Morgan fingerprint density at radius 2 is 1.20 bits per heavy atom. The molecule has 3 unspecified atom stereocenters. The van der Waals surface area contributed by atoms with Crippen LogP contribution in [-0.2, 0) is 18.4 Å². The van der Waals surface area contributed by atoms with Gasteiger partial charge in [0.05, 0.1) is 39.9 Å². The van der Waals surface area contributed by atoms with E-state index in [2.05, 4.69) is 67.8 Å². The Hall–Kier alpha value is -2.06. The number of carbonyl (C=O) groups excluding carboxylic acids is 1. The second kappa shape index (κ2) is 31.9. The van der Waals surface area contributed by atoms with Crippen LogP contribution in [0.15, 0.2) is 72.9 Å². The summed E-state index contributed by atoms with van der Waals surface area (Å²) in [6.07, 6.45) is 41.4. The second-order valence-electron chi connectivity index (χ2n) is 13.6. The zero-order valence-electron chi connectivity index (χ0n) is 31.6. The molecule has 0 heterocycles. The summed E-state index contributed by atoms with van der Waals surface area (Å²) >= 11 is 0. The molecule has 282 valence electrons. The van der Waals surface area contributed by atoms with Crippen molar-refractivity contribution in [3.8, 4) is 0 Å². The van der Waals surface area contributed by atoms with Crippen molar-refractivity contribution in [2.75, 3.05) is 40.9 Å². The molecule has 0 saturated heterocycles. The fourth-order valence-electron chi connectivity index (χ4n) is 4.69. The number of hydrogen-bond acceptors (Lipinski definition) is 5. The number of likely N-dealkylation sites (N-methyl/N-ethyl adjacent to an activating group) is 1. The molecule has 0 aliphatic heterocycles. The summed E-state index contributed by atoms with van der Waals surface area (Å²) in [5.41, 5.74) is 0. The van der Waals surface area contributed by atoms with Gasteiger partial charge in [0, 0.05) is 6.42 Å². The number of allylic oxidation sites excluding steroid dienone is 10. The molecule has 49 heavy (non-hydrogen) atoms. The van der Waals surface area contributed by atoms with Gasteiger partial charge in [-0.25, -0.2) is 4.57 Å². The second-order valence-corrected chi connectivity index (χ2v) is 15.0. The molecule has 0 aromatic rings. The number of nitrogens with zero attached hydrogens (tertiary/aromatic N) is 1. The number of aliphatic hydroxyl groups is 1. The zero-order chi connectivity index (χ0) is 36.5. The quantitative estimate of drug-likeness (QED) is 0.0278. The molecule has 0 aliphatic rings. The Labute approximate surface area is 300 Å². The minimum atomic E-state index is -4.36. The highest BCUT2D eigenvalue weighted by Crippen LogP contribution is 2.43. The van der Waals surface area contributed by atoms with Gasteiger partial charge in [0.1, 0.15) is 13.2 Å². The largest absolute Gasteiger partial charge is 0.472 e. The molecule has 0 aliphatic carbocycles. The monoisotopic (exact) mass is 708 g/mol. The van der Waals surface area contributed by atoms with E-state index in [0.29, 0.717) is 17.4 Å². The lowest BCUT2D eigenvalue weighted by Gasteiger charge is -2.25. The number of hydrogen-bond donors (Lipinski definition) is 3. The average molecular weight is 708 g/mol. The van der Waals surface area contributed by atoms with E-state index in [1.165, 1.54) is 51.4 Å². The van der Waals surface area contributed by atoms with Crippen LogP contribution in [0.4, 0.5) is 0 Å². The minimum Gasteiger partial charge on any atom is -0.387 e. The summed E-state index contributed by atoms with van der Waals surface area (Å²) in [6, 6.07) is -0.901. The minimum absolute atomic E-state index is 0.0414. The molecule has 0 rings (SSSR count). The number of phosphoric ester groups is 1. The third-order valence-electron chi connectivity index (χ3n) is 7.71. The van der Waals surface area contributed by atoms with Gasteiger partial charge in [0.15, 0.2) is 0 Å². The number of carbonyl (C=O) groups is 1. The number of quaternary nitrogens is 1. The predicted octanol–water partition coefficient (Wildman–Crippen LogP) is 9.68. The first-order valence-electron chi connectivity index (χ1n) is 18.8. The maximum absolute atomic E-state index is 12.7. The van der Waals surface area contributed by atoms with Crippen LogP contribution in [0.25, 0.3) is 0 Å². The van der Waals surface area contributed by atoms with Crippen molar-refractivity contribution in [3.05, 3.63) is 72.9 Å². The first-order chi connectivity index (χ1) is 23.5. The van der Waals surface area contributed by atoms with Gasteiger partial charge >= 0.3 is 7.82 Å². The van der Waals surface area contributed by atoms with Gasteiger partial charge < -0.3 is 19.8 Å². The highest BCUT2D eigenvalue weighted by Gasteiger charge is 2.27. The standard InChI is InChI=1S/C40H71N2O6P/c1-6-8-10-12-14-16-18-20-21-22-24-26-28-30-32-34-40(44)41-38(37-48-49(45,46)47-36-35-42(3,4)5)39(43)33-31-29-27-25-23-19-17-15-13-11-9-7-2/h8,10,14,16,20-21,24,26,30-33,38-39,43H,6-7,9,11-13,15,17-19,22-23,25,27-29,34-37H2,1-5H3,(H-,41,44,45,46)/p+1/b10-8-,16-14-,21-20-,26-24-,32-30-,33-31+. The van der Waals surface area contributed by atoms with Crippen molar-refractivity contribution < 1.29 is 32.9 Å². The van der Waals surface area contributed by atoms with Crippen molar-refractivity contribution in [3.63, 3.8) is 0 Å². The average Bonchev–Trinajstić information content (AvgIpc) is 3.04. The molecule has 0 fully saturated rings. The zero-order valence-corrected chi connectivity index (χ0v) is 32.5. The van der Waals surface area contributed by atoms with Crippen LogP contribution in [0.3, 0.4) is 0 Å². The Bertz CT molecular complexity index is 1030. The molecule has 0 aromatic heterocycles. The highest BCUT2D eigenvalue weighted by atomic mass is 31.2. The number of unbranched alkanes of at least 4 members (excludes halogenated alkanes) is 10. The molecular formula is C40H72N2O6P+. The molecule has 3 N–H and O–H groups in total. The molecule has 9 heteroatoms. The third kappa shape index (κ3) is 34.2. The van der Waals surface area contributed by atoms with Gasteiger partial charge in [0.25, 0.3) is 0 Å².